The molecule has 45 heavy (non-hydrogen) atoms. The van der Waals surface area contributed by atoms with Crippen molar-refractivity contribution in [2.24, 2.45) is 5.16 Å². The molecule has 1 aromatic heterocycles. The van der Waals surface area contributed by atoms with E-state index < -0.39 is 64.8 Å². The Balaban J connectivity index is 1.54. The number of hydrogen-bond donors (Lipinski definition) is 1. The Morgan fingerprint density at radius 2 is 1.98 bits per heavy atom. The van der Waals surface area contributed by atoms with E-state index in [9.17, 15) is 28.0 Å². The number of carbonyl (C=O) groups is 3. The van der Waals surface area contributed by atoms with Crippen LogP contribution in [-0.2, 0) is 30.3 Å². The highest BCUT2D eigenvalue weighted by molar-refractivity contribution is 5.99. The summed E-state index contributed by atoms with van der Waals surface area (Å²) in [6.07, 6.45) is 1.37. The zero-order chi connectivity index (χ0) is 32.3. The maximum atomic E-state index is 14.2. The van der Waals surface area contributed by atoms with Crippen LogP contribution in [0.15, 0.2) is 34.3 Å². The van der Waals surface area contributed by atoms with E-state index in [-0.39, 0.29) is 50.0 Å². The van der Waals surface area contributed by atoms with Gasteiger partial charge in [0.05, 0.1) is 26.2 Å². The lowest BCUT2D eigenvalue weighted by Crippen LogP contribution is -2.52. The van der Waals surface area contributed by atoms with Crippen molar-refractivity contribution >= 4 is 23.9 Å². The molecule has 1 saturated heterocycles. The topological polar surface area (TPSA) is 156 Å². The molecular weight excluding hydrogens is 602 g/mol. The fourth-order valence-corrected chi connectivity index (χ4v) is 5.63. The summed E-state index contributed by atoms with van der Waals surface area (Å²) in [5.74, 6) is -3.35. The van der Waals surface area contributed by atoms with Gasteiger partial charge in [-0.1, -0.05) is 11.2 Å². The molecule has 2 bridgehead atoms. The summed E-state index contributed by atoms with van der Waals surface area (Å²) < 4.78 is 54.5. The lowest BCUT2D eigenvalue weighted by Gasteiger charge is -2.42. The first-order valence-electron chi connectivity index (χ1n) is 14.1. The van der Waals surface area contributed by atoms with Crippen LogP contribution in [0.1, 0.15) is 58.6 Å². The van der Waals surface area contributed by atoms with Crippen molar-refractivity contribution < 1.29 is 51.7 Å². The van der Waals surface area contributed by atoms with Crippen LogP contribution >= 0.6 is 0 Å². The number of hydrogen-bond acceptors (Lipinski definition) is 11. The molecule has 2 aromatic rings. The third-order valence-electron chi connectivity index (χ3n) is 8.09. The van der Waals surface area contributed by atoms with Crippen LogP contribution in [0, 0.1) is 11.6 Å². The van der Waals surface area contributed by atoms with E-state index in [1.807, 2.05) is 6.92 Å². The minimum absolute atomic E-state index is 0.0224. The van der Waals surface area contributed by atoms with E-state index in [4.69, 9.17) is 28.5 Å². The average Bonchev–Trinajstić information content (AvgIpc) is 3.39. The first kappa shape index (κ1) is 31.7. The maximum Gasteiger partial charge on any atom is 0.511 e. The molecule has 1 spiro atoms. The first-order chi connectivity index (χ1) is 21.6. The number of amides is 2. The predicted octanol–water partition coefficient (Wildman–Crippen LogP) is 2.49. The highest BCUT2D eigenvalue weighted by Gasteiger charge is 2.55. The number of halogens is 2. The molecule has 14 nitrogen and oxygen atoms in total. The molecule has 3 aliphatic heterocycles. The highest BCUT2D eigenvalue weighted by Crippen LogP contribution is 2.46. The van der Waals surface area contributed by atoms with E-state index in [1.165, 1.54) is 25.0 Å². The van der Waals surface area contributed by atoms with Gasteiger partial charge < -0.3 is 43.3 Å². The Bertz CT molecular complexity index is 1580. The molecule has 16 heteroatoms. The number of oxime groups is 1. The number of rotatable bonds is 9. The molecular formula is C29H32F2N4O10. The van der Waals surface area contributed by atoms with Crippen LogP contribution in [0.3, 0.4) is 0 Å². The molecule has 1 N–H and O–H groups in total. The lowest BCUT2D eigenvalue weighted by atomic mass is 9.85. The van der Waals surface area contributed by atoms with Gasteiger partial charge in [0.15, 0.2) is 11.3 Å². The third kappa shape index (κ3) is 6.27. The molecule has 1 aromatic carbocycles. The van der Waals surface area contributed by atoms with Gasteiger partial charge in [0.2, 0.25) is 23.9 Å². The summed E-state index contributed by atoms with van der Waals surface area (Å²) in [7, 11) is 2.88. The van der Waals surface area contributed by atoms with E-state index >= 15 is 0 Å². The van der Waals surface area contributed by atoms with Gasteiger partial charge in [0.1, 0.15) is 23.8 Å². The molecule has 0 radical (unpaired) electrons. The van der Waals surface area contributed by atoms with Crippen molar-refractivity contribution in [2.45, 2.75) is 50.4 Å². The Kier molecular flexibility index (Phi) is 9.22. The van der Waals surface area contributed by atoms with Crippen LogP contribution in [0.5, 0.6) is 5.75 Å². The van der Waals surface area contributed by atoms with E-state index in [2.05, 4.69) is 10.5 Å². The van der Waals surface area contributed by atoms with Gasteiger partial charge >= 0.3 is 6.16 Å². The molecule has 3 aliphatic rings. The molecule has 2 amide bonds. The highest BCUT2D eigenvalue weighted by atomic mass is 19.1. The van der Waals surface area contributed by atoms with Gasteiger partial charge in [-0.2, -0.15) is 0 Å². The fraction of sp³-hybridized carbons (Fsp3) is 0.483. The van der Waals surface area contributed by atoms with Crippen molar-refractivity contribution in [1.29, 1.82) is 0 Å². The average molecular weight is 635 g/mol. The van der Waals surface area contributed by atoms with E-state index in [0.29, 0.717) is 24.8 Å². The Hall–Kier alpha value is -4.73. The Morgan fingerprint density at radius 1 is 1.18 bits per heavy atom. The summed E-state index contributed by atoms with van der Waals surface area (Å²) in [4.78, 5) is 60.6. The van der Waals surface area contributed by atoms with Crippen LogP contribution in [0.4, 0.5) is 13.6 Å². The minimum atomic E-state index is -1.11. The second-order valence-corrected chi connectivity index (χ2v) is 10.8. The number of ether oxygens (including phenoxy) is 5. The number of methoxy groups -OCH3 is 2. The van der Waals surface area contributed by atoms with Crippen LogP contribution in [-0.4, -0.2) is 85.7 Å². The zero-order valence-corrected chi connectivity index (χ0v) is 24.8. The molecule has 0 aliphatic carbocycles. The van der Waals surface area contributed by atoms with E-state index in [1.54, 1.807) is 4.90 Å². The SMILES string of the molecule is COCCOC(=O)OCOc1c2n(cc(C(=O)NCc3ccc(F)cc3F)c1=O)[C@@H]1CN(C2=O)[C@@H](C)CC[C@]12CC(OC)=NO2. The molecule has 242 valence electrons. The molecule has 5 rings (SSSR count). The normalized spacial score (nSPS) is 21.8. The molecule has 4 heterocycles. The fourth-order valence-electron chi connectivity index (χ4n) is 5.63. The number of pyridine rings is 1. The quantitative estimate of drug-likeness (QED) is 0.247. The largest absolute Gasteiger partial charge is 0.511 e. The van der Waals surface area contributed by atoms with Crippen molar-refractivity contribution in [1.82, 2.24) is 14.8 Å². The van der Waals surface area contributed by atoms with Gasteiger partial charge in [-0.15, -0.1) is 0 Å². The number of aromatic nitrogens is 1. The minimum Gasteiger partial charge on any atom is -0.482 e. The Labute approximate surface area is 255 Å². The summed E-state index contributed by atoms with van der Waals surface area (Å²) in [5, 5.41) is 6.53. The van der Waals surface area contributed by atoms with Crippen molar-refractivity contribution in [3.05, 3.63) is 63.1 Å². The molecule has 3 atom stereocenters. The van der Waals surface area contributed by atoms with Gasteiger partial charge in [0, 0.05) is 44.1 Å². The summed E-state index contributed by atoms with van der Waals surface area (Å²) in [6, 6.07) is 1.95. The van der Waals surface area contributed by atoms with E-state index in [0.717, 1.165) is 12.1 Å². The number of fused-ring (bicyclic) bond motifs is 5. The second kappa shape index (κ2) is 13.1. The number of carbonyl (C=O) groups excluding carboxylic acids is 3. The van der Waals surface area contributed by atoms with Crippen molar-refractivity contribution in [3.63, 3.8) is 0 Å². The molecule has 0 saturated carbocycles. The van der Waals surface area contributed by atoms with Crippen LogP contribution < -0.4 is 15.5 Å². The first-order valence-corrected chi connectivity index (χ1v) is 14.1. The summed E-state index contributed by atoms with van der Waals surface area (Å²) in [6.45, 7) is 0.845. The van der Waals surface area contributed by atoms with Gasteiger partial charge in [-0.3, -0.25) is 14.4 Å². The second-order valence-electron chi connectivity index (χ2n) is 10.8. The Morgan fingerprint density at radius 3 is 2.69 bits per heavy atom. The van der Waals surface area contributed by atoms with Gasteiger partial charge in [0.25, 0.3) is 11.8 Å². The zero-order valence-electron chi connectivity index (χ0n) is 24.8. The predicted molar refractivity (Wildman–Crippen MR) is 150 cm³/mol. The van der Waals surface area contributed by atoms with Crippen LogP contribution in [0.2, 0.25) is 0 Å². The smallest absolute Gasteiger partial charge is 0.482 e. The third-order valence-corrected chi connectivity index (χ3v) is 8.09. The van der Waals surface area contributed by atoms with Gasteiger partial charge in [-0.05, 0) is 25.8 Å². The van der Waals surface area contributed by atoms with Crippen molar-refractivity contribution in [2.75, 3.05) is 40.8 Å². The number of nitrogens with one attached hydrogen (secondary N) is 1. The number of benzene rings is 1. The van der Waals surface area contributed by atoms with Gasteiger partial charge in [-0.25, -0.2) is 13.6 Å². The monoisotopic (exact) mass is 634 g/mol. The number of nitrogens with zero attached hydrogens (tertiary/aromatic N) is 3. The standard InChI is InChI=1S/C29H32F2N4O10/c1-16-6-7-29(11-22(41-3)33-45-29)21-14-34(16)27(38)23-25(43-15-44-28(39)42-9-8-40-2)24(36)19(13-35(21)23)26(37)32-12-17-4-5-18(30)10-20(17)31/h4-5,10,13,16,21H,6-9,11-12,14-15H2,1-3H3,(H,32,37)/t16-,21+,29-/m0/s1. The summed E-state index contributed by atoms with van der Waals surface area (Å²) >= 11 is 0. The van der Waals surface area contributed by atoms with Crippen LogP contribution in [0.25, 0.3) is 0 Å². The lowest BCUT2D eigenvalue weighted by molar-refractivity contribution is -0.0658. The molecule has 0 unspecified atom stereocenters. The maximum absolute atomic E-state index is 14.2. The molecule has 1 fully saturated rings. The van der Waals surface area contributed by atoms with Crippen molar-refractivity contribution in [3.8, 4) is 5.75 Å². The summed E-state index contributed by atoms with van der Waals surface area (Å²) in [5.41, 5.74) is -2.63.